The Morgan fingerprint density at radius 3 is 2.86 bits per heavy atom. The lowest BCUT2D eigenvalue weighted by molar-refractivity contribution is -0.163. The summed E-state index contributed by atoms with van der Waals surface area (Å²) in [5.41, 5.74) is 6.36. The number of amides is 1. The Hall–Kier alpha value is -2.80. The van der Waals surface area contributed by atoms with Crippen LogP contribution in [0, 0.1) is 17.6 Å². The monoisotopic (exact) mass is 385 g/mol. The van der Waals surface area contributed by atoms with Crippen molar-refractivity contribution >= 4 is 11.8 Å². The highest BCUT2D eigenvalue weighted by molar-refractivity contribution is 5.97. The van der Waals surface area contributed by atoms with Crippen molar-refractivity contribution in [2.75, 3.05) is 6.54 Å². The second-order valence-electron chi connectivity index (χ2n) is 7.13. The molecular weight excluding hydrogens is 364 g/mol. The van der Waals surface area contributed by atoms with Gasteiger partial charge in [-0.2, -0.15) is 5.01 Å². The fraction of sp³-hybridized carbons (Fsp3) is 0.333. The Morgan fingerprint density at radius 2 is 2.11 bits per heavy atom. The highest BCUT2D eigenvalue weighted by Crippen LogP contribution is 2.50. The minimum atomic E-state index is -1.21. The molecule has 0 fully saturated rings. The molecule has 2 aromatic rings. The number of benzene rings is 2. The number of hydrogen-bond acceptors (Lipinski definition) is 4. The number of rotatable bonds is 3. The molecule has 1 aliphatic heterocycles. The number of fused-ring (bicyclic) bond motifs is 2. The third kappa shape index (κ3) is 2.77. The molecule has 1 aliphatic carbocycles. The molecule has 1 amide bonds. The van der Waals surface area contributed by atoms with Crippen LogP contribution in [0.5, 0.6) is 0 Å². The summed E-state index contributed by atoms with van der Waals surface area (Å²) in [6.07, 6.45) is 2.17. The minimum absolute atomic E-state index is 0.106. The van der Waals surface area contributed by atoms with E-state index < -0.39 is 17.4 Å². The molecule has 0 saturated carbocycles. The van der Waals surface area contributed by atoms with Crippen molar-refractivity contribution in [3.05, 3.63) is 70.8 Å². The van der Waals surface area contributed by atoms with Gasteiger partial charge in [-0.1, -0.05) is 24.3 Å². The molecule has 2 unspecified atom stereocenters. The summed E-state index contributed by atoms with van der Waals surface area (Å²) in [5, 5.41) is 5.57. The van der Waals surface area contributed by atoms with Crippen LogP contribution in [0.3, 0.4) is 0 Å². The molecule has 0 saturated heterocycles. The van der Waals surface area contributed by atoms with Gasteiger partial charge in [-0.15, -0.1) is 5.10 Å². The SMILES string of the molecule is CC(=O)N1N=C(c2cc(F)ccc2F)OC12c1ccccc1CCC2CCN. The first-order valence-corrected chi connectivity index (χ1v) is 9.29. The van der Waals surface area contributed by atoms with Crippen molar-refractivity contribution in [1.29, 1.82) is 0 Å². The maximum atomic E-state index is 14.4. The molecule has 0 bridgehead atoms. The lowest BCUT2D eigenvalue weighted by Gasteiger charge is -2.45. The van der Waals surface area contributed by atoms with E-state index in [1.54, 1.807) is 0 Å². The molecule has 1 heterocycles. The lowest BCUT2D eigenvalue weighted by Crippen LogP contribution is -2.52. The first kappa shape index (κ1) is 18.6. The fourth-order valence-electron chi connectivity index (χ4n) is 4.25. The molecule has 2 aliphatic rings. The summed E-state index contributed by atoms with van der Waals surface area (Å²) in [7, 11) is 0. The normalized spacial score (nSPS) is 23.4. The molecule has 4 rings (SSSR count). The largest absolute Gasteiger partial charge is 0.443 e. The summed E-state index contributed by atoms with van der Waals surface area (Å²) in [6.45, 7) is 1.80. The highest BCUT2D eigenvalue weighted by atomic mass is 19.1. The number of hydrogen-bond donors (Lipinski definition) is 1. The van der Waals surface area contributed by atoms with Gasteiger partial charge in [0, 0.05) is 18.4 Å². The number of carbonyl (C=O) groups excluding carboxylic acids is 1. The molecule has 1 spiro atoms. The van der Waals surface area contributed by atoms with E-state index >= 15 is 0 Å². The Kier molecular flexibility index (Phi) is 4.63. The summed E-state index contributed by atoms with van der Waals surface area (Å²) in [5.74, 6) is -1.86. The first-order chi connectivity index (χ1) is 13.5. The van der Waals surface area contributed by atoms with Crippen molar-refractivity contribution in [2.45, 2.75) is 31.9 Å². The van der Waals surface area contributed by atoms with Gasteiger partial charge in [-0.05, 0) is 49.6 Å². The number of halogens is 2. The average molecular weight is 385 g/mol. The van der Waals surface area contributed by atoms with Gasteiger partial charge in [0.2, 0.25) is 17.5 Å². The quantitative estimate of drug-likeness (QED) is 0.882. The lowest BCUT2D eigenvalue weighted by atomic mass is 9.74. The van der Waals surface area contributed by atoms with Gasteiger partial charge in [0.15, 0.2) is 0 Å². The fourth-order valence-corrected chi connectivity index (χ4v) is 4.25. The van der Waals surface area contributed by atoms with E-state index in [2.05, 4.69) is 5.10 Å². The van der Waals surface area contributed by atoms with E-state index in [9.17, 15) is 13.6 Å². The maximum absolute atomic E-state index is 14.4. The van der Waals surface area contributed by atoms with Gasteiger partial charge in [0.1, 0.15) is 11.6 Å². The van der Waals surface area contributed by atoms with Crippen molar-refractivity contribution in [1.82, 2.24) is 5.01 Å². The standard InChI is InChI=1S/C21H21F2N3O2/c1-13(27)26-21(28-20(25-26)17-12-16(22)8-9-19(17)23)15(10-11-24)7-6-14-4-2-3-5-18(14)21/h2-5,8-9,12,15H,6-7,10-11,24H2,1H3. The topological polar surface area (TPSA) is 67.9 Å². The van der Waals surface area contributed by atoms with Crippen LogP contribution < -0.4 is 5.73 Å². The number of ether oxygens (including phenoxy) is 1. The van der Waals surface area contributed by atoms with E-state index in [1.165, 1.54) is 11.9 Å². The van der Waals surface area contributed by atoms with Gasteiger partial charge >= 0.3 is 0 Å². The Morgan fingerprint density at radius 1 is 1.32 bits per heavy atom. The molecule has 28 heavy (non-hydrogen) atoms. The zero-order chi connectivity index (χ0) is 19.9. The van der Waals surface area contributed by atoms with E-state index in [4.69, 9.17) is 10.5 Å². The Bertz CT molecular complexity index is 962. The van der Waals surface area contributed by atoms with Gasteiger partial charge in [0.25, 0.3) is 0 Å². The van der Waals surface area contributed by atoms with Gasteiger partial charge in [0.05, 0.1) is 5.56 Å². The van der Waals surface area contributed by atoms with Crippen LogP contribution in [0.15, 0.2) is 47.6 Å². The number of carbonyl (C=O) groups is 1. The molecule has 0 aromatic heterocycles. The third-order valence-electron chi connectivity index (χ3n) is 5.45. The third-order valence-corrected chi connectivity index (χ3v) is 5.45. The summed E-state index contributed by atoms with van der Waals surface area (Å²) >= 11 is 0. The minimum Gasteiger partial charge on any atom is -0.443 e. The molecule has 5 nitrogen and oxygen atoms in total. The van der Waals surface area contributed by atoms with Crippen molar-refractivity contribution in [2.24, 2.45) is 16.8 Å². The van der Waals surface area contributed by atoms with Crippen LogP contribution >= 0.6 is 0 Å². The first-order valence-electron chi connectivity index (χ1n) is 9.29. The van der Waals surface area contributed by atoms with Crippen LogP contribution in [0.4, 0.5) is 8.78 Å². The van der Waals surface area contributed by atoms with E-state index in [0.717, 1.165) is 42.2 Å². The predicted octanol–water partition coefficient (Wildman–Crippen LogP) is 3.27. The summed E-state index contributed by atoms with van der Waals surface area (Å²) in [4.78, 5) is 12.5. The van der Waals surface area contributed by atoms with Crippen LogP contribution in [0.1, 0.15) is 36.5 Å². The maximum Gasteiger partial charge on any atom is 0.244 e. The van der Waals surface area contributed by atoms with Crippen LogP contribution in [-0.4, -0.2) is 23.4 Å². The second-order valence-corrected chi connectivity index (χ2v) is 7.13. The second kappa shape index (κ2) is 6.98. The van der Waals surface area contributed by atoms with Crippen molar-refractivity contribution in [3.63, 3.8) is 0 Å². The molecule has 0 radical (unpaired) electrons. The molecule has 2 atom stereocenters. The molecule has 2 N–H and O–H groups in total. The average Bonchev–Trinajstić information content (AvgIpc) is 3.08. The van der Waals surface area contributed by atoms with Crippen LogP contribution in [-0.2, 0) is 21.7 Å². The zero-order valence-electron chi connectivity index (χ0n) is 15.5. The molecule has 7 heteroatoms. The van der Waals surface area contributed by atoms with Crippen LogP contribution in [0.25, 0.3) is 0 Å². The smallest absolute Gasteiger partial charge is 0.244 e. The summed E-state index contributed by atoms with van der Waals surface area (Å²) in [6, 6.07) is 10.8. The van der Waals surface area contributed by atoms with E-state index in [0.29, 0.717) is 13.0 Å². The van der Waals surface area contributed by atoms with Crippen molar-refractivity contribution < 1.29 is 18.3 Å². The Labute approximate surface area is 161 Å². The van der Waals surface area contributed by atoms with Gasteiger partial charge < -0.3 is 10.5 Å². The molecule has 2 aromatic carbocycles. The molecule has 146 valence electrons. The predicted molar refractivity (Wildman–Crippen MR) is 100 cm³/mol. The summed E-state index contributed by atoms with van der Waals surface area (Å²) < 4.78 is 34.4. The van der Waals surface area contributed by atoms with Gasteiger partial charge in [-0.3, -0.25) is 4.79 Å². The number of nitrogens with two attached hydrogens (primary N) is 1. The zero-order valence-corrected chi connectivity index (χ0v) is 15.5. The van der Waals surface area contributed by atoms with Gasteiger partial charge in [-0.25, -0.2) is 8.78 Å². The number of hydrazone groups is 1. The number of aryl methyl sites for hydroxylation is 1. The van der Waals surface area contributed by atoms with Crippen LogP contribution in [0.2, 0.25) is 0 Å². The Balaban J connectivity index is 1.89. The molecular formula is C21H21F2N3O2. The number of nitrogens with zero attached hydrogens (tertiary/aromatic N) is 2. The van der Waals surface area contributed by atoms with E-state index in [-0.39, 0.29) is 23.3 Å². The van der Waals surface area contributed by atoms with E-state index in [1.807, 2.05) is 24.3 Å². The van der Waals surface area contributed by atoms with Crippen molar-refractivity contribution in [3.8, 4) is 0 Å². The highest BCUT2D eigenvalue weighted by Gasteiger charge is 2.56.